The van der Waals surface area contributed by atoms with Gasteiger partial charge < -0.3 is 10.8 Å². The Labute approximate surface area is 117 Å². The molecule has 4 heteroatoms. The van der Waals surface area contributed by atoms with Crippen LogP contribution in [0.4, 0.5) is 5.69 Å². The normalized spacial score (nSPS) is 20.4. The number of rotatable bonds is 5. The topological polar surface area (TPSA) is 49.5 Å². The van der Waals surface area contributed by atoms with Crippen molar-refractivity contribution in [3.63, 3.8) is 0 Å². The van der Waals surface area contributed by atoms with Gasteiger partial charge in [0.2, 0.25) is 0 Å². The zero-order chi connectivity index (χ0) is 13.0. The van der Waals surface area contributed by atoms with Gasteiger partial charge in [-0.1, -0.05) is 6.07 Å². The largest absolute Gasteiger partial charge is 0.398 e. The summed E-state index contributed by atoms with van der Waals surface area (Å²) in [5.74, 6) is 0. The molecule has 3 N–H and O–H groups in total. The molecule has 1 saturated heterocycles. The number of likely N-dealkylation sites (tertiary alicyclic amines) is 1. The second kappa shape index (κ2) is 6.55. The zero-order valence-corrected chi connectivity index (χ0v) is 12.2. The predicted octanol–water partition coefficient (Wildman–Crippen LogP) is 2.77. The monoisotopic (exact) mass is 312 g/mol. The highest BCUT2D eigenvalue weighted by Gasteiger charge is 2.23. The molecule has 0 radical (unpaired) electrons. The minimum Gasteiger partial charge on any atom is -0.398 e. The molecular formula is C14H21BrN2O. The Bertz CT molecular complexity index is 397. The van der Waals surface area contributed by atoms with Crippen LogP contribution in [0.1, 0.15) is 31.2 Å². The second-order valence-electron chi connectivity index (χ2n) is 4.99. The number of aliphatic hydroxyl groups excluding tert-OH is 1. The van der Waals surface area contributed by atoms with E-state index in [4.69, 9.17) is 10.8 Å². The van der Waals surface area contributed by atoms with Gasteiger partial charge >= 0.3 is 0 Å². The summed E-state index contributed by atoms with van der Waals surface area (Å²) in [7, 11) is 0. The van der Waals surface area contributed by atoms with Crippen LogP contribution in [0.3, 0.4) is 0 Å². The molecule has 1 aromatic rings. The van der Waals surface area contributed by atoms with Crippen molar-refractivity contribution in [3.05, 3.63) is 28.2 Å². The molecule has 0 aromatic heterocycles. The third-order valence-corrected chi connectivity index (χ3v) is 4.36. The number of anilines is 1. The molecule has 0 spiro atoms. The maximum absolute atomic E-state index is 8.93. The molecule has 0 aliphatic carbocycles. The summed E-state index contributed by atoms with van der Waals surface area (Å²) < 4.78 is 0.963. The maximum Gasteiger partial charge on any atom is 0.0461 e. The Kier molecular flexibility index (Phi) is 5.03. The van der Waals surface area contributed by atoms with Crippen LogP contribution in [0, 0.1) is 0 Å². The number of aliphatic hydroxyl groups is 1. The Morgan fingerprint density at radius 1 is 1.44 bits per heavy atom. The van der Waals surface area contributed by atoms with Crippen LogP contribution in [-0.4, -0.2) is 29.2 Å². The third kappa shape index (κ3) is 3.46. The first-order valence-corrected chi connectivity index (χ1v) is 7.39. The van der Waals surface area contributed by atoms with Gasteiger partial charge in [0.25, 0.3) is 0 Å². The van der Waals surface area contributed by atoms with E-state index < -0.39 is 0 Å². The lowest BCUT2D eigenvalue weighted by atomic mass is 10.1. The second-order valence-corrected chi connectivity index (χ2v) is 5.84. The molecule has 1 aromatic carbocycles. The molecule has 1 atom stereocenters. The summed E-state index contributed by atoms with van der Waals surface area (Å²) in [6.07, 6.45) is 4.53. The van der Waals surface area contributed by atoms with E-state index in [-0.39, 0.29) is 0 Å². The van der Waals surface area contributed by atoms with E-state index in [1.165, 1.54) is 18.4 Å². The first-order valence-electron chi connectivity index (χ1n) is 6.59. The molecule has 1 fully saturated rings. The smallest absolute Gasteiger partial charge is 0.0461 e. The lowest BCUT2D eigenvalue weighted by Crippen LogP contribution is -2.29. The number of hydrogen-bond acceptors (Lipinski definition) is 3. The van der Waals surface area contributed by atoms with Gasteiger partial charge in [0.15, 0.2) is 0 Å². The van der Waals surface area contributed by atoms with Crippen LogP contribution in [0.25, 0.3) is 0 Å². The Morgan fingerprint density at radius 3 is 3.00 bits per heavy atom. The van der Waals surface area contributed by atoms with E-state index in [0.717, 1.165) is 36.1 Å². The van der Waals surface area contributed by atoms with Crippen molar-refractivity contribution in [3.8, 4) is 0 Å². The van der Waals surface area contributed by atoms with Crippen molar-refractivity contribution in [2.75, 3.05) is 18.9 Å². The van der Waals surface area contributed by atoms with E-state index in [1.54, 1.807) is 0 Å². The molecule has 18 heavy (non-hydrogen) atoms. The molecule has 3 nitrogen and oxygen atoms in total. The van der Waals surface area contributed by atoms with Crippen molar-refractivity contribution >= 4 is 21.6 Å². The van der Waals surface area contributed by atoms with E-state index in [9.17, 15) is 0 Å². The van der Waals surface area contributed by atoms with Crippen LogP contribution in [0.15, 0.2) is 22.7 Å². The third-order valence-electron chi connectivity index (χ3n) is 3.64. The standard InChI is InChI=1S/C14H21BrN2O/c15-13-6-5-11(9-14(13)16)10-17-7-1-3-12(17)4-2-8-18/h5-6,9,12,18H,1-4,7-8,10,16H2. The summed E-state index contributed by atoms with van der Waals surface area (Å²) in [4.78, 5) is 2.51. The van der Waals surface area contributed by atoms with E-state index in [1.807, 2.05) is 12.1 Å². The van der Waals surface area contributed by atoms with Gasteiger partial charge in [0.1, 0.15) is 0 Å². The number of nitrogens with zero attached hydrogens (tertiary/aromatic N) is 1. The molecule has 0 saturated carbocycles. The average Bonchev–Trinajstić information content (AvgIpc) is 2.79. The fraction of sp³-hybridized carbons (Fsp3) is 0.571. The fourth-order valence-corrected chi connectivity index (χ4v) is 2.93. The summed E-state index contributed by atoms with van der Waals surface area (Å²) in [6.45, 7) is 2.43. The van der Waals surface area contributed by atoms with Gasteiger partial charge in [-0.3, -0.25) is 4.90 Å². The molecule has 1 aliphatic rings. The lowest BCUT2D eigenvalue weighted by molar-refractivity contribution is 0.210. The number of nitrogen functional groups attached to an aromatic ring is 1. The van der Waals surface area contributed by atoms with Crippen LogP contribution in [0.5, 0.6) is 0 Å². The summed E-state index contributed by atoms with van der Waals surface area (Å²) in [6, 6.07) is 6.82. The summed E-state index contributed by atoms with van der Waals surface area (Å²) >= 11 is 3.42. The van der Waals surface area contributed by atoms with E-state index >= 15 is 0 Å². The van der Waals surface area contributed by atoms with Crippen LogP contribution in [-0.2, 0) is 6.54 Å². The van der Waals surface area contributed by atoms with Crippen molar-refractivity contribution < 1.29 is 5.11 Å². The van der Waals surface area contributed by atoms with Crippen LogP contribution in [0.2, 0.25) is 0 Å². The molecule has 100 valence electrons. The molecular weight excluding hydrogens is 292 g/mol. The van der Waals surface area contributed by atoms with Crippen molar-refractivity contribution in [1.82, 2.24) is 4.90 Å². The number of halogens is 1. The molecule has 1 heterocycles. The SMILES string of the molecule is Nc1cc(CN2CCCC2CCCO)ccc1Br. The first-order chi connectivity index (χ1) is 8.70. The first kappa shape index (κ1) is 13.8. The van der Waals surface area contributed by atoms with E-state index in [2.05, 4.69) is 26.9 Å². The van der Waals surface area contributed by atoms with E-state index in [0.29, 0.717) is 12.6 Å². The average molecular weight is 313 g/mol. The highest BCUT2D eigenvalue weighted by Crippen LogP contribution is 2.26. The van der Waals surface area contributed by atoms with Crippen LogP contribution >= 0.6 is 15.9 Å². The number of hydrogen-bond donors (Lipinski definition) is 2. The molecule has 1 unspecified atom stereocenters. The van der Waals surface area contributed by atoms with Crippen molar-refractivity contribution in [2.24, 2.45) is 0 Å². The Morgan fingerprint density at radius 2 is 2.28 bits per heavy atom. The highest BCUT2D eigenvalue weighted by molar-refractivity contribution is 9.10. The minimum absolute atomic E-state index is 0.301. The van der Waals surface area contributed by atoms with Crippen LogP contribution < -0.4 is 5.73 Å². The zero-order valence-electron chi connectivity index (χ0n) is 10.6. The summed E-state index contributed by atoms with van der Waals surface area (Å²) in [5.41, 5.74) is 7.99. The lowest BCUT2D eigenvalue weighted by Gasteiger charge is -2.24. The van der Waals surface area contributed by atoms with Gasteiger partial charge in [0, 0.05) is 29.4 Å². The van der Waals surface area contributed by atoms with Gasteiger partial charge in [-0.15, -0.1) is 0 Å². The van der Waals surface area contributed by atoms with Crippen molar-refractivity contribution in [1.29, 1.82) is 0 Å². The molecule has 0 amide bonds. The number of benzene rings is 1. The molecule has 2 rings (SSSR count). The summed E-state index contributed by atoms with van der Waals surface area (Å²) in [5, 5.41) is 8.93. The molecule has 1 aliphatic heterocycles. The van der Waals surface area contributed by atoms with Gasteiger partial charge in [0.05, 0.1) is 0 Å². The quantitative estimate of drug-likeness (QED) is 0.822. The minimum atomic E-state index is 0.301. The van der Waals surface area contributed by atoms with Gasteiger partial charge in [-0.2, -0.15) is 0 Å². The predicted molar refractivity (Wildman–Crippen MR) is 78.3 cm³/mol. The maximum atomic E-state index is 8.93. The van der Waals surface area contributed by atoms with Gasteiger partial charge in [-0.05, 0) is 65.9 Å². The Balaban J connectivity index is 1.96. The van der Waals surface area contributed by atoms with Crippen molar-refractivity contribution in [2.45, 2.75) is 38.3 Å². The van der Waals surface area contributed by atoms with Gasteiger partial charge in [-0.25, -0.2) is 0 Å². The molecule has 0 bridgehead atoms. The highest BCUT2D eigenvalue weighted by atomic mass is 79.9. The fourth-order valence-electron chi connectivity index (χ4n) is 2.68. The number of nitrogens with two attached hydrogens (primary N) is 1. The Hall–Kier alpha value is -0.580.